The Morgan fingerprint density at radius 3 is 2.46 bits per heavy atom. The molecule has 0 radical (unpaired) electrons. The molecule has 12 heteroatoms. The minimum absolute atomic E-state index is 0.148. The number of likely N-dealkylation sites (N-methyl/N-ethyl adjacent to an activating group) is 1. The maximum absolute atomic E-state index is 14.1. The average molecular weight is 646 g/mol. The van der Waals surface area contributed by atoms with E-state index in [4.69, 9.17) is 19.6 Å². The molecule has 0 aliphatic rings. The van der Waals surface area contributed by atoms with Crippen molar-refractivity contribution in [3.63, 3.8) is 0 Å². The predicted molar refractivity (Wildman–Crippen MR) is 175 cm³/mol. The van der Waals surface area contributed by atoms with Gasteiger partial charge in [0.2, 0.25) is 5.95 Å². The molecule has 0 saturated carbocycles. The molecular formula is C34H33F2N5O4S. The van der Waals surface area contributed by atoms with Crippen molar-refractivity contribution >= 4 is 35.2 Å². The first-order valence-corrected chi connectivity index (χ1v) is 15.4. The number of nitrogens with zero attached hydrogens (tertiary/aromatic N) is 4. The number of carbonyl (C=O) groups excluding carboxylic acids is 1. The molecule has 238 valence electrons. The number of halogens is 2. The van der Waals surface area contributed by atoms with Crippen LogP contribution in [0.5, 0.6) is 5.75 Å². The van der Waals surface area contributed by atoms with Crippen molar-refractivity contribution in [2.45, 2.75) is 20.3 Å². The number of ether oxygens (including phenoxy) is 1. The van der Waals surface area contributed by atoms with Crippen molar-refractivity contribution in [1.29, 1.82) is 0 Å². The second-order valence-electron chi connectivity index (χ2n) is 9.83. The average Bonchev–Trinajstić information content (AvgIpc) is 3.54. The van der Waals surface area contributed by atoms with E-state index < -0.39 is 23.0 Å². The molecule has 3 aromatic carbocycles. The Hall–Kier alpha value is -5.07. The Kier molecular flexibility index (Phi) is 12.4. The molecule has 0 saturated heterocycles. The number of ketones is 1. The van der Waals surface area contributed by atoms with Crippen molar-refractivity contribution in [3.8, 4) is 27.6 Å². The van der Waals surface area contributed by atoms with Crippen LogP contribution < -0.4 is 10.1 Å². The quantitative estimate of drug-likeness (QED) is 0.102. The summed E-state index contributed by atoms with van der Waals surface area (Å²) in [6, 6.07) is 20.1. The SMILES string of the molecule is CCN(CC)CCOc1cccc(Nc2nccc(-c3scnc3-c3cccc(CC(=O)c4c(F)cccc4F)c3)n2)c1.O=CO. The summed E-state index contributed by atoms with van der Waals surface area (Å²) >= 11 is 1.43. The third-order valence-corrected chi connectivity index (χ3v) is 7.77. The zero-order chi connectivity index (χ0) is 32.9. The summed E-state index contributed by atoms with van der Waals surface area (Å²) in [5.74, 6) is -1.19. The van der Waals surface area contributed by atoms with Crippen LogP contribution in [0.1, 0.15) is 29.8 Å². The van der Waals surface area contributed by atoms with E-state index in [-0.39, 0.29) is 12.9 Å². The Bertz CT molecular complexity index is 1740. The van der Waals surface area contributed by atoms with Crippen LogP contribution in [0.4, 0.5) is 20.4 Å². The lowest BCUT2D eigenvalue weighted by atomic mass is 9.99. The van der Waals surface area contributed by atoms with Crippen LogP contribution >= 0.6 is 11.3 Å². The number of benzene rings is 3. The highest BCUT2D eigenvalue weighted by atomic mass is 32.1. The first-order chi connectivity index (χ1) is 22.4. The monoisotopic (exact) mass is 645 g/mol. The lowest BCUT2D eigenvalue weighted by Crippen LogP contribution is -2.27. The number of thiazole rings is 1. The molecule has 2 heterocycles. The minimum Gasteiger partial charge on any atom is -0.492 e. The zero-order valence-corrected chi connectivity index (χ0v) is 26.1. The van der Waals surface area contributed by atoms with E-state index in [0.717, 1.165) is 53.6 Å². The van der Waals surface area contributed by atoms with Crippen LogP contribution in [-0.4, -0.2) is 63.5 Å². The van der Waals surface area contributed by atoms with Gasteiger partial charge in [0.1, 0.15) is 24.0 Å². The first-order valence-electron chi connectivity index (χ1n) is 14.5. The molecule has 0 fully saturated rings. The van der Waals surface area contributed by atoms with Crippen molar-refractivity contribution in [2.75, 3.05) is 31.6 Å². The molecule has 2 aromatic heterocycles. The fourth-order valence-corrected chi connectivity index (χ4v) is 5.45. The number of rotatable bonds is 13. The number of hydrogen-bond acceptors (Lipinski definition) is 9. The molecule has 0 aliphatic carbocycles. The number of carboxylic acid groups (broad SMARTS) is 1. The van der Waals surface area contributed by atoms with Gasteiger partial charge >= 0.3 is 0 Å². The van der Waals surface area contributed by atoms with Crippen molar-refractivity contribution < 1.29 is 28.2 Å². The highest BCUT2D eigenvalue weighted by molar-refractivity contribution is 7.13. The number of nitrogens with one attached hydrogen (secondary N) is 1. The number of Topliss-reactive ketones (excluding diaryl/α,β-unsaturated/α-hetero) is 1. The summed E-state index contributed by atoms with van der Waals surface area (Å²) in [7, 11) is 0. The van der Waals surface area contributed by atoms with Crippen molar-refractivity contribution in [3.05, 3.63) is 107 Å². The summed E-state index contributed by atoms with van der Waals surface area (Å²) in [5.41, 5.74) is 4.74. The molecule has 0 amide bonds. The van der Waals surface area contributed by atoms with E-state index >= 15 is 0 Å². The van der Waals surface area contributed by atoms with Crippen molar-refractivity contribution in [1.82, 2.24) is 19.9 Å². The van der Waals surface area contributed by atoms with E-state index in [1.54, 1.807) is 29.9 Å². The molecule has 0 bridgehead atoms. The smallest absolute Gasteiger partial charge is 0.290 e. The summed E-state index contributed by atoms with van der Waals surface area (Å²) in [5, 5.41) is 10.1. The highest BCUT2D eigenvalue weighted by Gasteiger charge is 2.19. The van der Waals surface area contributed by atoms with Crippen molar-refractivity contribution in [2.24, 2.45) is 0 Å². The Labute approximate surface area is 269 Å². The summed E-state index contributed by atoms with van der Waals surface area (Å²) in [6.07, 6.45) is 1.53. The minimum atomic E-state index is -0.870. The van der Waals surface area contributed by atoms with E-state index in [9.17, 15) is 13.6 Å². The third-order valence-electron chi connectivity index (χ3n) is 6.92. The van der Waals surface area contributed by atoms with Gasteiger partial charge in [0.25, 0.3) is 6.47 Å². The normalized spacial score (nSPS) is 10.6. The maximum Gasteiger partial charge on any atom is 0.290 e. The van der Waals surface area contributed by atoms with Gasteiger partial charge in [-0.05, 0) is 55.1 Å². The molecule has 5 rings (SSSR count). The van der Waals surface area contributed by atoms with E-state index in [1.165, 1.54) is 17.4 Å². The van der Waals surface area contributed by atoms with E-state index in [2.05, 4.69) is 34.0 Å². The summed E-state index contributed by atoms with van der Waals surface area (Å²) in [4.78, 5) is 37.9. The number of hydrogen-bond donors (Lipinski definition) is 2. The third kappa shape index (κ3) is 8.99. The molecule has 9 nitrogen and oxygen atoms in total. The molecule has 0 aliphatic heterocycles. The topological polar surface area (TPSA) is 118 Å². The fraction of sp³-hybridized carbons (Fsp3) is 0.206. The maximum atomic E-state index is 14.1. The second-order valence-corrected chi connectivity index (χ2v) is 10.7. The van der Waals surface area contributed by atoms with Gasteiger partial charge in [-0.3, -0.25) is 9.59 Å². The van der Waals surface area contributed by atoms with Crippen LogP contribution in [0, 0.1) is 11.6 Å². The largest absolute Gasteiger partial charge is 0.492 e. The first kappa shape index (κ1) is 33.8. The van der Waals surface area contributed by atoms with Gasteiger partial charge in [0.05, 0.1) is 27.3 Å². The highest BCUT2D eigenvalue weighted by Crippen LogP contribution is 2.34. The molecule has 0 spiro atoms. The Morgan fingerprint density at radius 1 is 1.00 bits per heavy atom. The van der Waals surface area contributed by atoms with Gasteiger partial charge in [0.15, 0.2) is 5.78 Å². The molecule has 0 unspecified atom stereocenters. The van der Waals surface area contributed by atoms with Gasteiger partial charge in [-0.2, -0.15) is 0 Å². The molecule has 0 atom stereocenters. The fourth-order valence-electron chi connectivity index (χ4n) is 4.67. The lowest BCUT2D eigenvalue weighted by Gasteiger charge is -2.18. The van der Waals surface area contributed by atoms with Gasteiger partial charge in [-0.15, -0.1) is 11.3 Å². The van der Waals surface area contributed by atoms with E-state index in [0.29, 0.717) is 29.5 Å². The molecule has 2 N–H and O–H groups in total. The molecule has 5 aromatic rings. The van der Waals surface area contributed by atoms with Gasteiger partial charge in [-0.1, -0.05) is 44.2 Å². The van der Waals surface area contributed by atoms with Crippen LogP contribution in [0.25, 0.3) is 21.8 Å². The Morgan fingerprint density at radius 2 is 1.72 bits per heavy atom. The summed E-state index contributed by atoms with van der Waals surface area (Å²) in [6.45, 7) is 7.44. The van der Waals surface area contributed by atoms with Crippen LogP contribution in [0.2, 0.25) is 0 Å². The van der Waals surface area contributed by atoms with Gasteiger partial charge in [0, 0.05) is 36.5 Å². The van der Waals surface area contributed by atoms with Crippen LogP contribution in [-0.2, 0) is 11.2 Å². The predicted octanol–water partition coefficient (Wildman–Crippen LogP) is 7.14. The Balaban J connectivity index is 0.00000154. The summed E-state index contributed by atoms with van der Waals surface area (Å²) < 4.78 is 34.2. The standard InChI is InChI=1S/C33H31F2N5O2S.CH2O2/c1-3-40(4-2)16-17-42-25-11-6-10-24(20-25)38-33-36-15-14-28(39-33)32-31(37-21-43-32)23-9-5-8-22(18-23)19-29(41)30-26(34)12-7-13-27(30)35;2-1-3/h5-15,18,20-21H,3-4,16-17,19H2,1-2H3,(H,36,38,39);1H,(H,2,3). The van der Waals surface area contributed by atoms with Gasteiger partial charge in [-0.25, -0.2) is 23.7 Å². The number of anilines is 2. The van der Waals surface area contributed by atoms with Crippen LogP contribution in [0.15, 0.2) is 84.5 Å². The zero-order valence-electron chi connectivity index (χ0n) is 25.3. The van der Waals surface area contributed by atoms with Gasteiger partial charge < -0.3 is 20.1 Å². The van der Waals surface area contributed by atoms with E-state index in [1.807, 2.05) is 36.4 Å². The number of carbonyl (C=O) groups is 2. The number of aromatic nitrogens is 3. The molecule has 46 heavy (non-hydrogen) atoms. The lowest BCUT2D eigenvalue weighted by molar-refractivity contribution is -0.122. The molecular weight excluding hydrogens is 612 g/mol. The van der Waals surface area contributed by atoms with Crippen LogP contribution in [0.3, 0.4) is 0 Å². The second kappa shape index (κ2) is 16.8.